The van der Waals surface area contributed by atoms with Crippen LogP contribution in [-0.2, 0) is 30.3 Å². The molecular weight excluding hydrogens is 827 g/mol. The maximum Gasteiger partial charge on any atom is 0.164 e. The second-order valence-corrected chi connectivity index (χ2v) is 16.2. The fraction of sp³-hybridized carbons (Fsp3) is 0.378. The summed E-state index contributed by atoms with van der Waals surface area (Å²) in [5.74, 6) is 0.286. The van der Waals surface area contributed by atoms with Gasteiger partial charge in [-0.2, -0.15) is 0 Å². The SMILES string of the molecule is CCC(C)(CC)C(=O)/C=C(\O)C(C)(CC)CC.Cc1coc2c(-c3cc4ccnc(-c5[c-]c6ccccc6c(C(C)(C)C)c5)c4s3)cccc12.[Ir]. The average molecular weight is 879 g/mol. The van der Waals surface area contributed by atoms with Gasteiger partial charge in [-0.1, -0.05) is 104 Å². The number of para-hydroxylation sites is 1. The number of fused-ring (bicyclic) bond motifs is 3. The Morgan fingerprint density at radius 2 is 1.53 bits per heavy atom. The van der Waals surface area contributed by atoms with Gasteiger partial charge in [0.2, 0.25) is 0 Å². The van der Waals surface area contributed by atoms with Gasteiger partial charge in [0.15, 0.2) is 5.78 Å². The van der Waals surface area contributed by atoms with Crippen LogP contribution >= 0.6 is 11.3 Å². The Labute approximate surface area is 321 Å². The summed E-state index contributed by atoms with van der Waals surface area (Å²) < 4.78 is 7.11. The Bertz CT molecular complexity index is 2170. The number of furan rings is 1. The largest absolute Gasteiger partial charge is 0.512 e. The van der Waals surface area contributed by atoms with Gasteiger partial charge in [-0.3, -0.25) is 9.78 Å². The van der Waals surface area contributed by atoms with Crippen molar-refractivity contribution in [2.75, 3.05) is 0 Å². The van der Waals surface area contributed by atoms with Crippen LogP contribution in [-0.4, -0.2) is 15.9 Å². The van der Waals surface area contributed by atoms with Gasteiger partial charge in [0.05, 0.1) is 6.26 Å². The van der Waals surface area contributed by atoms with E-state index in [2.05, 4.69) is 94.4 Å². The number of ketones is 1. The van der Waals surface area contributed by atoms with E-state index in [1.165, 1.54) is 37.4 Å². The van der Waals surface area contributed by atoms with E-state index in [9.17, 15) is 9.90 Å². The van der Waals surface area contributed by atoms with Crippen molar-refractivity contribution in [2.45, 2.75) is 100 Å². The summed E-state index contributed by atoms with van der Waals surface area (Å²) in [5.41, 5.74) is 6.01. The maximum absolute atomic E-state index is 12.2. The molecule has 0 amide bonds. The zero-order valence-corrected chi connectivity index (χ0v) is 35.0. The molecule has 3 heterocycles. The van der Waals surface area contributed by atoms with Crippen LogP contribution in [0.4, 0.5) is 0 Å². The van der Waals surface area contributed by atoms with Crippen LogP contribution in [0, 0.1) is 23.8 Å². The molecule has 6 heteroatoms. The number of nitrogens with zero attached hydrogens (tertiary/aromatic N) is 1. The van der Waals surface area contributed by atoms with Crippen LogP contribution in [0.25, 0.3) is 53.5 Å². The molecule has 0 spiro atoms. The van der Waals surface area contributed by atoms with Crippen LogP contribution < -0.4 is 0 Å². The van der Waals surface area contributed by atoms with Gasteiger partial charge < -0.3 is 9.52 Å². The third kappa shape index (κ3) is 8.09. The zero-order chi connectivity index (χ0) is 36.4. The topological polar surface area (TPSA) is 63.3 Å². The molecule has 4 nitrogen and oxygen atoms in total. The summed E-state index contributed by atoms with van der Waals surface area (Å²) >= 11 is 1.77. The van der Waals surface area contributed by atoms with Crippen molar-refractivity contribution in [2.24, 2.45) is 10.8 Å². The third-order valence-corrected chi connectivity index (χ3v) is 12.1. The van der Waals surface area contributed by atoms with E-state index in [1.54, 1.807) is 11.3 Å². The second kappa shape index (κ2) is 16.0. The molecule has 6 aromatic rings. The monoisotopic (exact) mass is 879 g/mol. The standard InChI is InChI=1S/C30H24NOS.C15H28O2.Ir/c1-18-17-32-28-22(18)10-7-11-24(28)26-16-20-12-13-31-27(29(20)33-26)21-14-19-8-5-6-9-23(19)25(15-21)30(2,3)4;1-7-14(5,8-2)12(16)11-13(17)15(6,9-3)10-4;/h5-13,15-17H,1-4H3;11,16H,7-10H2,1-6H3;/q-1;;/b;12-11-;. The number of aliphatic hydroxyl groups excluding tert-OH is 1. The Hall–Kier alpha value is -3.57. The van der Waals surface area contributed by atoms with Gasteiger partial charge in [0.1, 0.15) is 11.3 Å². The number of aryl methyl sites for hydroxylation is 1. The first kappa shape index (κ1) is 40.2. The van der Waals surface area contributed by atoms with Gasteiger partial charge in [0, 0.05) is 69.4 Å². The van der Waals surface area contributed by atoms with E-state index >= 15 is 0 Å². The molecule has 271 valence electrons. The molecular formula is C45H52IrNO3S-. The molecule has 6 rings (SSSR count). The van der Waals surface area contributed by atoms with Crippen LogP contribution in [0.1, 0.15) is 99.1 Å². The Morgan fingerprint density at radius 3 is 2.18 bits per heavy atom. The summed E-state index contributed by atoms with van der Waals surface area (Å²) in [7, 11) is 0. The second-order valence-electron chi connectivity index (χ2n) is 15.1. The molecule has 0 fully saturated rings. The molecule has 0 saturated carbocycles. The van der Waals surface area contributed by atoms with E-state index in [0.29, 0.717) is 0 Å². The molecule has 51 heavy (non-hydrogen) atoms. The number of allylic oxidation sites excluding steroid dienone is 2. The minimum Gasteiger partial charge on any atom is -0.512 e. The van der Waals surface area contributed by atoms with Gasteiger partial charge in [0.25, 0.3) is 0 Å². The summed E-state index contributed by atoms with van der Waals surface area (Å²) in [6.45, 7) is 21.0. The molecule has 0 saturated heterocycles. The number of aromatic nitrogens is 1. The number of carbonyl (C=O) groups is 1. The Kier molecular flexibility index (Phi) is 12.6. The van der Waals surface area contributed by atoms with Crippen molar-refractivity contribution in [3.63, 3.8) is 0 Å². The van der Waals surface area contributed by atoms with Crippen molar-refractivity contribution in [3.05, 3.63) is 102 Å². The van der Waals surface area contributed by atoms with Crippen molar-refractivity contribution in [3.8, 4) is 21.7 Å². The van der Waals surface area contributed by atoms with Gasteiger partial charge in [-0.15, -0.1) is 40.5 Å². The smallest absolute Gasteiger partial charge is 0.164 e. The number of hydrogen-bond donors (Lipinski definition) is 1. The molecule has 0 aliphatic rings. The quantitative estimate of drug-likeness (QED) is 0.0893. The molecule has 0 unspecified atom stereocenters. The zero-order valence-electron chi connectivity index (χ0n) is 31.8. The summed E-state index contributed by atoms with van der Waals surface area (Å²) in [5, 5.41) is 14.9. The maximum atomic E-state index is 12.2. The first-order chi connectivity index (χ1) is 23.7. The minimum atomic E-state index is -0.337. The first-order valence-electron chi connectivity index (χ1n) is 18.0. The minimum absolute atomic E-state index is 0. The molecule has 0 atom stereocenters. The summed E-state index contributed by atoms with van der Waals surface area (Å²) in [6, 6.07) is 25.2. The van der Waals surface area contributed by atoms with Gasteiger partial charge in [-0.05, 0) is 67.2 Å². The fourth-order valence-corrected chi connectivity index (χ4v) is 7.51. The van der Waals surface area contributed by atoms with E-state index in [1.807, 2.05) is 54.0 Å². The van der Waals surface area contributed by atoms with Crippen LogP contribution in [0.3, 0.4) is 0 Å². The predicted octanol–water partition coefficient (Wildman–Crippen LogP) is 13.6. The fourth-order valence-electron chi connectivity index (χ4n) is 6.33. The summed E-state index contributed by atoms with van der Waals surface area (Å²) in [4.78, 5) is 18.2. The number of hydrogen-bond acceptors (Lipinski definition) is 5. The molecule has 0 aliphatic heterocycles. The average Bonchev–Trinajstić information content (AvgIpc) is 3.73. The molecule has 0 bridgehead atoms. The van der Waals surface area contributed by atoms with E-state index < -0.39 is 0 Å². The molecule has 3 aromatic carbocycles. The number of rotatable bonds is 9. The van der Waals surface area contributed by atoms with Crippen LogP contribution in [0.15, 0.2) is 89.4 Å². The van der Waals surface area contributed by atoms with Gasteiger partial charge >= 0.3 is 0 Å². The van der Waals surface area contributed by atoms with E-state index in [-0.39, 0.29) is 47.9 Å². The number of pyridine rings is 1. The van der Waals surface area contributed by atoms with Crippen molar-refractivity contribution in [1.82, 2.24) is 4.98 Å². The normalized spacial score (nSPS) is 12.5. The predicted molar refractivity (Wildman–Crippen MR) is 213 cm³/mol. The number of thiophene rings is 1. The van der Waals surface area contributed by atoms with Crippen LogP contribution in [0.2, 0.25) is 0 Å². The molecule has 0 aliphatic carbocycles. The molecule has 1 radical (unpaired) electrons. The van der Waals surface area contributed by atoms with Crippen molar-refractivity contribution >= 4 is 48.9 Å². The van der Waals surface area contributed by atoms with Gasteiger partial charge in [-0.25, -0.2) is 0 Å². The summed E-state index contributed by atoms with van der Waals surface area (Å²) in [6.07, 6.45) is 8.50. The van der Waals surface area contributed by atoms with Crippen molar-refractivity contribution < 1.29 is 34.4 Å². The van der Waals surface area contributed by atoms with E-state index in [0.717, 1.165) is 59.0 Å². The first-order valence-corrected chi connectivity index (χ1v) is 18.8. The number of aliphatic hydroxyl groups is 1. The Balaban J connectivity index is 0.000000279. The van der Waals surface area contributed by atoms with Crippen LogP contribution in [0.5, 0.6) is 0 Å². The number of benzene rings is 3. The van der Waals surface area contributed by atoms with Crippen molar-refractivity contribution in [1.29, 1.82) is 0 Å². The van der Waals surface area contributed by atoms with E-state index in [4.69, 9.17) is 9.40 Å². The molecule has 3 aromatic heterocycles. The third-order valence-electron chi connectivity index (χ3n) is 10.9. The molecule has 1 N–H and O–H groups in total. The number of carbonyl (C=O) groups excluding carboxylic acids is 1. The Morgan fingerprint density at radius 1 is 0.882 bits per heavy atom.